The van der Waals surface area contributed by atoms with E-state index in [1.807, 2.05) is 66.7 Å². The Morgan fingerprint density at radius 2 is 1.59 bits per heavy atom. The molecule has 0 spiro atoms. The average molecular weight is 426 g/mol. The lowest BCUT2D eigenvalue weighted by molar-refractivity contribution is 0.102. The molecule has 3 aromatic carbocycles. The Kier molecular flexibility index (Phi) is 5.39. The van der Waals surface area contributed by atoms with E-state index in [1.54, 1.807) is 6.07 Å². The van der Waals surface area contributed by atoms with Crippen LogP contribution in [-0.2, 0) is 4.74 Å². The third kappa shape index (κ3) is 3.98. The van der Waals surface area contributed by atoms with E-state index in [1.165, 1.54) is 0 Å². The van der Waals surface area contributed by atoms with Crippen LogP contribution in [0.25, 0.3) is 22.0 Å². The van der Waals surface area contributed by atoms with E-state index in [0.717, 1.165) is 42.9 Å². The minimum atomic E-state index is -0.215. The molecule has 7 heteroatoms. The van der Waals surface area contributed by atoms with Crippen LogP contribution >= 0.6 is 0 Å². The van der Waals surface area contributed by atoms with Crippen molar-refractivity contribution >= 4 is 28.1 Å². The molecule has 32 heavy (non-hydrogen) atoms. The van der Waals surface area contributed by atoms with Crippen LogP contribution in [-0.4, -0.2) is 42.4 Å². The van der Waals surface area contributed by atoms with Crippen molar-refractivity contribution in [2.75, 3.05) is 36.5 Å². The van der Waals surface area contributed by atoms with E-state index < -0.39 is 0 Å². The minimum absolute atomic E-state index is 0.168. The zero-order chi connectivity index (χ0) is 21.9. The lowest BCUT2D eigenvalue weighted by Crippen LogP contribution is -2.36. The Hall–Kier alpha value is -3.97. The topological polar surface area (TPSA) is 87.3 Å². The lowest BCUT2D eigenvalue weighted by atomic mass is 10.0. The third-order valence-corrected chi connectivity index (χ3v) is 5.62. The Bertz CT molecular complexity index is 1310. The number of rotatable bonds is 4. The Morgan fingerprint density at radius 1 is 0.906 bits per heavy atom. The van der Waals surface area contributed by atoms with Crippen LogP contribution in [0.4, 0.5) is 11.4 Å². The van der Waals surface area contributed by atoms with Gasteiger partial charge in [0.05, 0.1) is 24.3 Å². The molecule has 0 saturated carbocycles. The first kappa shape index (κ1) is 20.0. The van der Waals surface area contributed by atoms with Gasteiger partial charge in [-0.3, -0.25) is 9.59 Å². The van der Waals surface area contributed by atoms with Gasteiger partial charge in [-0.05, 0) is 42.5 Å². The first-order valence-electron chi connectivity index (χ1n) is 10.5. The number of hydrogen-bond donors (Lipinski definition) is 2. The number of amides is 1. The summed E-state index contributed by atoms with van der Waals surface area (Å²) in [7, 11) is 0. The maximum Gasteiger partial charge on any atom is 0.272 e. The van der Waals surface area contributed by atoms with Gasteiger partial charge >= 0.3 is 0 Å². The number of morpholine rings is 1. The standard InChI is InChI=1S/C25H22N4O3/c30-24(18-7-11-20(12-8-18)29-13-15-32-16-14-29)26-19-9-5-17(6-10-19)23-21-3-1-2-4-22(21)25(31)28-27-23/h1-12H,13-16H2,(H,26,30)(H,28,31). The Balaban J connectivity index is 1.31. The molecule has 1 aliphatic rings. The van der Waals surface area contributed by atoms with E-state index in [-0.39, 0.29) is 11.5 Å². The van der Waals surface area contributed by atoms with Gasteiger partial charge in [0.25, 0.3) is 11.5 Å². The van der Waals surface area contributed by atoms with Gasteiger partial charge < -0.3 is 15.0 Å². The molecule has 1 aliphatic heterocycles. The lowest BCUT2D eigenvalue weighted by Gasteiger charge is -2.28. The number of carbonyl (C=O) groups is 1. The van der Waals surface area contributed by atoms with Gasteiger partial charge in [-0.2, -0.15) is 5.10 Å². The number of aromatic nitrogens is 2. The van der Waals surface area contributed by atoms with Crippen molar-refractivity contribution < 1.29 is 9.53 Å². The molecule has 1 saturated heterocycles. The molecule has 0 radical (unpaired) electrons. The second-order valence-corrected chi connectivity index (χ2v) is 7.62. The van der Waals surface area contributed by atoms with E-state index in [0.29, 0.717) is 22.3 Å². The molecule has 2 heterocycles. The van der Waals surface area contributed by atoms with Gasteiger partial charge in [-0.25, -0.2) is 5.10 Å². The number of benzene rings is 3. The highest BCUT2D eigenvalue weighted by Gasteiger charge is 2.13. The largest absolute Gasteiger partial charge is 0.378 e. The number of nitrogens with zero attached hydrogens (tertiary/aromatic N) is 2. The molecule has 160 valence electrons. The van der Waals surface area contributed by atoms with Crippen molar-refractivity contribution in [1.82, 2.24) is 10.2 Å². The number of anilines is 2. The van der Waals surface area contributed by atoms with Gasteiger partial charge in [0.15, 0.2) is 0 Å². The van der Waals surface area contributed by atoms with Crippen LogP contribution in [0.15, 0.2) is 77.6 Å². The Labute approximate surface area is 184 Å². The van der Waals surface area contributed by atoms with Crippen molar-refractivity contribution in [2.24, 2.45) is 0 Å². The molecule has 7 nitrogen and oxygen atoms in total. The summed E-state index contributed by atoms with van der Waals surface area (Å²) in [6.07, 6.45) is 0. The number of ether oxygens (including phenoxy) is 1. The third-order valence-electron chi connectivity index (χ3n) is 5.62. The van der Waals surface area contributed by atoms with E-state index in [9.17, 15) is 9.59 Å². The van der Waals surface area contributed by atoms with Gasteiger partial charge in [-0.15, -0.1) is 0 Å². The van der Waals surface area contributed by atoms with E-state index >= 15 is 0 Å². The summed E-state index contributed by atoms with van der Waals surface area (Å²) in [5.74, 6) is -0.168. The van der Waals surface area contributed by atoms with Crippen molar-refractivity contribution in [3.05, 3.63) is 88.7 Å². The van der Waals surface area contributed by atoms with Gasteiger partial charge in [0.2, 0.25) is 0 Å². The summed E-state index contributed by atoms with van der Waals surface area (Å²) in [5.41, 5.74) is 3.70. The van der Waals surface area contributed by atoms with Crippen LogP contribution in [0.3, 0.4) is 0 Å². The summed E-state index contributed by atoms with van der Waals surface area (Å²) in [4.78, 5) is 26.9. The smallest absolute Gasteiger partial charge is 0.272 e. The van der Waals surface area contributed by atoms with Gasteiger partial charge in [0.1, 0.15) is 0 Å². The maximum atomic E-state index is 12.7. The predicted octanol–water partition coefficient (Wildman–Crippen LogP) is 3.68. The fourth-order valence-electron chi connectivity index (χ4n) is 3.89. The summed E-state index contributed by atoms with van der Waals surface area (Å²) in [6.45, 7) is 3.17. The normalized spacial score (nSPS) is 13.8. The second kappa shape index (κ2) is 8.64. The highest BCUT2D eigenvalue weighted by molar-refractivity contribution is 6.04. The van der Waals surface area contributed by atoms with Crippen LogP contribution in [0.5, 0.6) is 0 Å². The first-order valence-corrected chi connectivity index (χ1v) is 10.5. The quantitative estimate of drug-likeness (QED) is 0.520. The number of hydrogen-bond acceptors (Lipinski definition) is 5. The molecular formula is C25H22N4O3. The number of H-pyrrole nitrogens is 1. The molecule has 1 aromatic heterocycles. The number of fused-ring (bicyclic) bond motifs is 1. The summed E-state index contributed by atoms with van der Waals surface area (Å²) < 4.78 is 5.39. The molecule has 2 N–H and O–H groups in total. The SMILES string of the molecule is O=C(Nc1ccc(-c2n[nH]c(=O)c3ccccc23)cc1)c1ccc(N2CCOCC2)cc1. The number of nitrogens with one attached hydrogen (secondary N) is 2. The fourth-order valence-corrected chi connectivity index (χ4v) is 3.89. The average Bonchev–Trinajstić information content (AvgIpc) is 2.86. The minimum Gasteiger partial charge on any atom is -0.378 e. The molecular weight excluding hydrogens is 404 g/mol. The molecule has 0 unspecified atom stereocenters. The van der Waals surface area contributed by atoms with Crippen LogP contribution in [0.2, 0.25) is 0 Å². The summed E-state index contributed by atoms with van der Waals surface area (Å²) in [5, 5.41) is 11.1. The van der Waals surface area contributed by atoms with E-state index in [4.69, 9.17) is 4.74 Å². The van der Waals surface area contributed by atoms with Gasteiger partial charge in [-0.1, -0.05) is 30.3 Å². The van der Waals surface area contributed by atoms with Crippen molar-refractivity contribution in [1.29, 1.82) is 0 Å². The molecule has 5 rings (SSSR count). The first-order chi connectivity index (χ1) is 15.7. The monoisotopic (exact) mass is 426 g/mol. The van der Waals surface area contributed by atoms with Crippen LogP contribution in [0.1, 0.15) is 10.4 Å². The predicted molar refractivity (Wildman–Crippen MR) is 125 cm³/mol. The van der Waals surface area contributed by atoms with Crippen LogP contribution < -0.4 is 15.8 Å². The fraction of sp³-hybridized carbons (Fsp3) is 0.160. The molecule has 0 atom stereocenters. The molecule has 4 aromatic rings. The maximum absolute atomic E-state index is 12.7. The van der Waals surface area contributed by atoms with E-state index in [2.05, 4.69) is 20.4 Å². The van der Waals surface area contributed by atoms with Crippen molar-refractivity contribution in [2.45, 2.75) is 0 Å². The molecule has 0 aliphatic carbocycles. The van der Waals surface area contributed by atoms with Gasteiger partial charge in [0, 0.05) is 41.0 Å². The zero-order valence-corrected chi connectivity index (χ0v) is 17.4. The molecule has 1 fully saturated rings. The highest BCUT2D eigenvalue weighted by Crippen LogP contribution is 2.25. The second-order valence-electron chi connectivity index (χ2n) is 7.62. The summed E-state index contributed by atoms with van der Waals surface area (Å²) >= 11 is 0. The highest BCUT2D eigenvalue weighted by atomic mass is 16.5. The zero-order valence-electron chi connectivity index (χ0n) is 17.4. The van der Waals surface area contributed by atoms with Crippen molar-refractivity contribution in [3.63, 3.8) is 0 Å². The molecule has 0 bridgehead atoms. The number of carbonyl (C=O) groups excluding carboxylic acids is 1. The van der Waals surface area contributed by atoms with Crippen molar-refractivity contribution in [3.8, 4) is 11.3 Å². The number of aromatic amines is 1. The molecule has 1 amide bonds. The summed E-state index contributed by atoms with van der Waals surface area (Å²) in [6, 6.07) is 22.4. The Morgan fingerprint density at radius 3 is 2.31 bits per heavy atom. The van der Waals surface area contributed by atoms with Crippen LogP contribution in [0, 0.1) is 0 Å².